The van der Waals surface area contributed by atoms with Crippen LogP contribution in [-0.4, -0.2) is 28.6 Å². The summed E-state index contributed by atoms with van der Waals surface area (Å²) in [5, 5.41) is 2.03. The summed E-state index contributed by atoms with van der Waals surface area (Å²) in [6.07, 6.45) is 4.89. The maximum Gasteiger partial charge on any atom is 0.193 e. The van der Waals surface area contributed by atoms with Gasteiger partial charge in [0.15, 0.2) is 4.96 Å². The number of fused-ring (bicyclic) bond motifs is 1. The summed E-state index contributed by atoms with van der Waals surface area (Å²) < 4.78 is 7.48. The second-order valence-corrected chi connectivity index (χ2v) is 5.51. The fourth-order valence-corrected chi connectivity index (χ4v) is 2.89. The fourth-order valence-electron chi connectivity index (χ4n) is 2.17. The Hall–Kier alpha value is -0.910. The first kappa shape index (κ1) is 12.5. The van der Waals surface area contributed by atoms with Crippen molar-refractivity contribution in [2.24, 2.45) is 11.7 Å². The molecule has 17 heavy (non-hydrogen) atoms. The zero-order chi connectivity index (χ0) is 12.4. The zero-order valence-electron chi connectivity index (χ0n) is 10.5. The highest BCUT2D eigenvalue weighted by molar-refractivity contribution is 7.15. The Bertz CT molecular complexity index is 448. The van der Waals surface area contributed by atoms with E-state index in [4.69, 9.17) is 10.5 Å². The van der Waals surface area contributed by atoms with Crippen LogP contribution in [0.3, 0.4) is 0 Å². The van der Waals surface area contributed by atoms with Crippen molar-refractivity contribution in [2.75, 3.05) is 7.11 Å². The molecule has 0 saturated heterocycles. The van der Waals surface area contributed by atoms with Gasteiger partial charge in [0, 0.05) is 37.3 Å². The molecule has 2 heterocycles. The molecular weight excluding hydrogens is 234 g/mol. The molecule has 0 saturated carbocycles. The third kappa shape index (κ3) is 2.68. The van der Waals surface area contributed by atoms with Crippen LogP contribution in [0, 0.1) is 5.92 Å². The molecular formula is C12H19N3OS. The molecule has 0 aliphatic carbocycles. The molecule has 2 aromatic rings. The lowest BCUT2D eigenvalue weighted by Crippen LogP contribution is -2.41. The fraction of sp³-hybridized carbons (Fsp3) is 0.583. The number of methoxy groups -OCH3 is 1. The highest BCUT2D eigenvalue weighted by atomic mass is 32.1. The largest absolute Gasteiger partial charge is 0.380 e. The first-order chi connectivity index (χ1) is 8.11. The lowest BCUT2D eigenvalue weighted by Gasteiger charge is -2.25. The Kier molecular flexibility index (Phi) is 3.81. The van der Waals surface area contributed by atoms with Crippen molar-refractivity contribution in [1.29, 1.82) is 0 Å². The molecule has 5 heteroatoms. The van der Waals surface area contributed by atoms with E-state index in [1.54, 1.807) is 18.4 Å². The molecule has 2 unspecified atom stereocenters. The van der Waals surface area contributed by atoms with Crippen LogP contribution in [0.2, 0.25) is 0 Å². The Balaban J connectivity index is 2.07. The second kappa shape index (κ2) is 5.16. The number of ether oxygens (including phenoxy) is 1. The van der Waals surface area contributed by atoms with Crippen LogP contribution in [0.25, 0.3) is 4.96 Å². The van der Waals surface area contributed by atoms with Crippen molar-refractivity contribution >= 4 is 16.3 Å². The summed E-state index contributed by atoms with van der Waals surface area (Å²) in [6.45, 7) is 4.25. The molecule has 2 aromatic heterocycles. The summed E-state index contributed by atoms with van der Waals surface area (Å²) in [6, 6.07) is -0.00962. The van der Waals surface area contributed by atoms with Crippen molar-refractivity contribution in [3.8, 4) is 0 Å². The lowest BCUT2D eigenvalue weighted by molar-refractivity contribution is 0.0439. The van der Waals surface area contributed by atoms with Crippen LogP contribution < -0.4 is 5.73 Å². The van der Waals surface area contributed by atoms with E-state index in [9.17, 15) is 0 Å². The monoisotopic (exact) mass is 253 g/mol. The molecule has 0 aromatic carbocycles. The highest BCUT2D eigenvalue weighted by Crippen LogP contribution is 2.16. The number of nitrogens with two attached hydrogens (primary N) is 1. The molecule has 0 radical (unpaired) electrons. The average molecular weight is 253 g/mol. The molecule has 2 atom stereocenters. The highest BCUT2D eigenvalue weighted by Gasteiger charge is 2.22. The van der Waals surface area contributed by atoms with Crippen LogP contribution in [-0.2, 0) is 11.2 Å². The predicted molar refractivity (Wildman–Crippen MR) is 70.4 cm³/mol. The minimum atomic E-state index is -0.00962. The van der Waals surface area contributed by atoms with E-state index in [1.165, 1.54) is 0 Å². The third-order valence-electron chi connectivity index (χ3n) is 2.94. The van der Waals surface area contributed by atoms with Gasteiger partial charge in [-0.1, -0.05) is 13.8 Å². The van der Waals surface area contributed by atoms with Crippen LogP contribution in [0.4, 0.5) is 0 Å². The van der Waals surface area contributed by atoms with E-state index in [1.807, 2.05) is 22.2 Å². The van der Waals surface area contributed by atoms with Gasteiger partial charge in [0.1, 0.15) is 0 Å². The Morgan fingerprint density at radius 3 is 2.88 bits per heavy atom. The summed E-state index contributed by atoms with van der Waals surface area (Å²) in [4.78, 5) is 5.55. The van der Waals surface area contributed by atoms with Gasteiger partial charge >= 0.3 is 0 Å². The molecule has 2 rings (SSSR count). The SMILES string of the molecule is COC(C(C)C)C(N)Cc1cn2ccsc2n1. The number of imidazole rings is 1. The Morgan fingerprint density at radius 1 is 1.53 bits per heavy atom. The van der Waals surface area contributed by atoms with Gasteiger partial charge in [0.25, 0.3) is 0 Å². The van der Waals surface area contributed by atoms with E-state index in [2.05, 4.69) is 18.8 Å². The molecule has 0 aliphatic rings. The summed E-state index contributed by atoms with van der Waals surface area (Å²) in [5.41, 5.74) is 7.22. The topological polar surface area (TPSA) is 52.5 Å². The number of thiazole rings is 1. The van der Waals surface area contributed by atoms with E-state index in [-0.39, 0.29) is 12.1 Å². The van der Waals surface area contributed by atoms with Crippen LogP contribution in [0.1, 0.15) is 19.5 Å². The van der Waals surface area contributed by atoms with Crippen LogP contribution in [0.5, 0.6) is 0 Å². The maximum atomic E-state index is 6.18. The van der Waals surface area contributed by atoms with Gasteiger partial charge in [-0.15, -0.1) is 11.3 Å². The second-order valence-electron chi connectivity index (χ2n) is 4.64. The van der Waals surface area contributed by atoms with Gasteiger partial charge < -0.3 is 10.5 Å². The van der Waals surface area contributed by atoms with Crippen molar-refractivity contribution in [1.82, 2.24) is 9.38 Å². The number of nitrogens with zero attached hydrogens (tertiary/aromatic N) is 2. The summed E-state index contributed by atoms with van der Waals surface area (Å²) >= 11 is 1.64. The van der Waals surface area contributed by atoms with Gasteiger partial charge in [-0.25, -0.2) is 4.98 Å². The number of aromatic nitrogens is 2. The van der Waals surface area contributed by atoms with E-state index >= 15 is 0 Å². The minimum Gasteiger partial charge on any atom is -0.380 e. The van der Waals surface area contributed by atoms with Crippen molar-refractivity contribution < 1.29 is 4.74 Å². The predicted octanol–water partition coefficient (Wildman–Crippen LogP) is 1.94. The van der Waals surface area contributed by atoms with Gasteiger partial charge in [-0.3, -0.25) is 4.40 Å². The summed E-state index contributed by atoms with van der Waals surface area (Å²) in [7, 11) is 1.72. The number of rotatable bonds is 5. The van der Waals surface area contributed by atoms with Crippen LogP contribution in [0.15, 0.2) is 17.8 Å². The number of hydrogen-bond acceptors (Lipinski definition) is 4. The Morgan fingerprint density at radius 2 is 2.29 bits per heavy atom. The first-order valence-corrected chi connectivity index (χ1v) is 6.69. The van der Waals surface area contributed by atoms with E-state index in [0.717, 1.165) is 17.1 Å². The normalized spacial score (nSPS) is 15.6. The first-order valence-electron chi connectivity index (χ1n) is 5.81. The molecule has 0 aliphatic heterocycles. The van der Waals surface area contributed by atoms with Crippen molar-refractivity contribution in [3.05, 3.63) is 23.5 Å². The van der Waals surface area contributed by atoms with Crippen LogP contribution >= 0.6 is 11.3 Å². The van der Waals surface area contributed by atoms with E-state index in [0.29, 0.717) is 5.92 Å². The van der Waals surface area contributed by atoms with E-state index < -0.39 is 0 Å². The number of hydrogen-bond donors (Lipinski definition) is 1. The molecule has 0 spiro atoms. The van der Waals surface area contributed by atoms with Gasteiger partial charge in [0.2, 0.25) is 0 Å². The molecule has 4 nitrogen and oxygen atoms in total. The molecule has 2 N–H and O–H groups in total. The molecule has 0 amide bonds. The standard InChI is InChI=1S/C12H19N3OS/c1-8(2)11(16-3)10(13)6-9-7-15-4-5-17-12(15)14-9/h4-5,7-8,10-11H,6,13H2,1-3H3. The zero-order valence-corrected chi connectivity index (χ0v) is 11.3. The molecule has 0 bridgehead atoms. The average Bonchev–Trinajstić information content (AvgIpc) is 2.77. The van der Waals surface area contributed by atoms with Gasteiger partial charge in [-0.2, -0.15) is 0 Å². The van der Waals surface area contributed by atoms with Gasteiger partial charge in [0.05, 0.1) is 11.8 Å². The smallest absolute Gasteiger partial charge is 0.193 e. The van der Waals surface area contributed by atoms with Crippen molar-refractivity contribution in [3.63, 3.8) is 0 Å². The maximum absolute atomic E-state index is 6.18. The molecule has 0 fully saturated rings. The summed E-state index contributed by atoms with van der Waals surface area (Å²) in [5.74, 6) is 0.415. The Labute approximate surface area is 105 Å². The lowest BCUT2D eigenvalue weighted by atomic mass is 9.97. The molecule has 94 valence electrons. The third-order valence-corrected chi connectivity index (χ3v) is 3.71. The minimum absolute atomic E-state index is 0.00962. The van der Waals surface area contributed by atoms with Gasteiger partial charge in [-0.05, 0) is 5.92 Å². The quantitative estimate of drug-likeness (QED) is 0.886. The van der Waals surface area contributed by atoms with Crippen molar-refractivity contribution in [2.45, 2.75) is 32.4 Å².